The van der Waals surface area contributed by atoms with Crippen molar-refractivity contribution in [2.75, 3.05) is 13.2 Å². The number of hydrogen-bond donors (Lipinski definition) is 0. The number of ether oxygens (including phenoxy) is 2. The predicted octanol–water partition coefficient (Wildman–Crippen LogP) is 5.33. The van der Waals surface area contributed by atoms with Crippen LogP contribution < -0.4 is 0 Å². The lowest BCUT2D eigenvalue weighted by molar-refractivity contribution is -0.185. The molecule has 24 heavy (non-hydrogen) atoms. The first-order chi connectivity index (χ1) is 11.5. The van der Waals surface area contributed by atoms with Crippen molar-refractivity contribution in [1.29, 1.82) is 0 Å². The van der Waals surface area contributed by atoms with Crippen LogP contribution in [-0.2, 0) is 9.47 Å². The number of allylic oxidation sites excluding steroid dienone is 1. The summed E-state index contributed by atoms with van der Waals surface area (Å²) < 4.78 is 12.1. The van der Waals surface area contributed by atoms with E-state index in [1.807, 2.05) is 0 Å². The van der Waals surface area contributed by atoms with E-state index in [0.29, 0.717) is 10.8 Å². The monoisotopic (exact) mass is 330 g/mol. The van der Waals surface area contributed by atoms with Crippen LogP contribution >= 0.6 is 0 Å². The summed E-state index contributed by atoms with van der Waals surface area (Å²) in [6, 6.07) is 0. The Morgan fingerprint density at radius 3 is 2.54 bits per heavy atom. The Hall–Kier alpha value is -0.340. The first kappa shape index (κ1) is 15.9. The minimum atomic E-state index is -0.261. The Morgan fingerprint density at radius 2 is 1.75 bits per heavy atom. The fourth-order valence-corrected chi connectivity index (χ4v) is 7.61. The molecule has 5 aliphatic rings. The highest BCUT2D eigenvalue weighted by Crippen LogP contribution is 2.66. The second-order valence-electron chi connectivity index (χ2n) is 10.1. The van der Waals surface area contributed by atoms with Gasteiger partial charge < -0.3 is 9.47 Å². The zero-order valence-corrected chi connectivity index (χ0v) is 15.8. The summed E-state index contributed by atoms with van der Waals surface area (Å²) in [4.78, 5) is 0. The maximum atomic E-state index is 6.05. The maximum Gasteiger partial charge on any atom is 0.172 e. The fourth-order valence-electron chi connectivity index (χ4n) is 7.61. The van der Waals surface area contributed by atoms with Crippen LogP contribution in [0.15, 0.2) is 11.6 Å². The summed E-state index contributed by atoms with van der Waals surface area (Å²) >= 11 is 0. The van der Waals surface area contributed by atoms with Crippen molar-refractivity contribution in [2.24, 2.45) is 34.5 Å². The van der Waals surface area contributed by atoms with Crippen molar-refractivity contribution in [2.45, 2.75) is 77.9 Å². The molecule has 3 saturated carbocycles. The van der Waals surface area contributed by atoms with E-state index < -0.39 is 0 Å². The van der Waals surface area contributed by atoms with Gasteiger partial charge in [0.15, 0.2) is 5.79 Å². The van der Waals surface area contributed by atoms with Crippen LogP contribution in [0.3, 0.4) is 0 Å². The summed E-state index contributed by atoms with van der Waals surface area (Å²) in [6.07, 6.45) is 13.2. The molecule has 6 unspecified atom stereocenters. The van der Waals surface area contributed by atoms with Gasteiger partial charge in [0.25, 0.3) is 0 Å². The Bertz CT molecular complexity index is 560. The number of rotatable bonds is 0. The van der Waals surface area contributed by atoms with Gasteiger partial charge in [-0.3, -0.25) is 0 Å². The molecule has 134 valence electrons. The van der Waals surface area contributed by atoms with Gasteiger partial charge in [-0.25, -0.2) is 0 Å². The summed E-state index contributed by atoms with van der Waals surface area (Å²) in [5.41, 5.74) is 2.71. The molecule has 4 fully saturated rings. The lowest BCUT2D eigenvalue weighted by Gasteiger charge is -2.58. The highest BCUT2D eigenvalue weighted by molar-refractivity contribution is 5.26. The molecule has 0 bridgehead atoms. The molecule has 1 heterocycles. The van der Waals surface area contributed by atoms with Crippen molar-refractivity contribution in [1.82, 2.24) is 0 Å². The van der Waals surface area contributed by atoms with Crippen LogP contribution in [0.25, 0.3) is 0 Å². The van der Waals surface area contributed by atoms with Gasteiger partial charge in [-0.1, -0.05) is 32.4 Å². The van der Waals surface area contributed by atoms with E-state index in [0.717, 1.165) is 49.7 Å². The average Bonchev–Trinajstić information content (AvgIpc) is 3.14. The van der Waals surface area contributed by atoms with E-state index in [9.17, 15) is 0 Å². The first-order valence-electron chi connectivity index (χ1n) is 10.4. The van der Waals surface area contributed by atoms with Gasteiger partial charge in [0, 0.05) is 12.8 Å². The molecule has 1 spiro atoms. The van der Waals surface area contributed by atoms with Crippen molar-refractivity contribution in [3.8, 4) is 0 Å². The summed E-state index contributed by atoms with van der Waals surface area (Å²) in [5.74, 6) is 3.47. The third kappa shape index (κ3) is 1.96. The van der Waals surface area contributed by atoms with Crippen LogP contribution in [0.2, 0.25) is 0 Å². The second kappa shape index (κ2) is 5.10. The molecule has 0 aromatic rings. The van der Waals surface area contributed by atoms with E-state index >= 15 is 0 Å². The average molecular weight is 331 g/mol. The Balaban J connectivity index is 1.46. The van der Waals surface area contributed by atoms with E-state index in [1.165, 1.54) is 38.5 Å². The van der Waals surface area contributed by atoms with Crippen molar-refractivity contribution < 1.29 is 9.47 Å². The maximum absolute atomic E-state index is 6.05. The highest BCUT2D eigenvalue weighted by Gasteiger charge is 2.59. The normalized spacial score (nSPS) is 52.5. The molecule has 2 nitrogen and oxygen atoms in total. The zero-order chi connectivity index (χ0) is 16.6. The van der Waals surface area contributed by atoms with Gasteiger partial charge in [-0.15, -0.1) is 0 Å². The van der Waals surface area contributed by atoms with E-state index in [4.69, 9.17) is 9.47 Å². The molecule has 0 radical (unpaired) electrons. The molecule has 0 N–H and O–H groups in total. The Kier molecular flexibility index (Phi) is 3.37. The number of hydrogen-bond acceptors (Lipinski definition) is 2. The molecule has 4 aliphatic carbocycles. The smallest absolute Gasteiger partial charge is 0.172 e. The van der Waals surface area contributed by atoms with Gasteiger partial charge in [-0.05, 0) is 73.0 Å². The van der Waals surface area contributed by atoms with Crippen molar-refractivity contribution in [3.05, 3.63) is 11.6 Å². The second-order valence-corrected chi connectivity index (χ2v) is 10.1. The van der Waals surface area contributed by atoms with Crippen LogP contribution in [0.4, 0.5) is 0 Å². The lowest BCUT2D eigenvalue weighted by Crippen LogP contribution is -2.52. The first-order valence-corrected chi connectivity index (χ1v) is 10.4. The van der Waals surface area contributed by atoms with Crippen LogP contribution in [-0.4, -0.2) is 19.0 Å². The van der Waals surface area contributed by atoms with Gasteiger partial charge in [-0.2, -0.15) is 0 Å². The fraction of sp³-hybridized carbons (Fsp3) is 0.909. The Morgan fingerprint density at radius 1 is 0.958 bits per heavy atom. The van der Waals surface area contributed by atoms with Gasteiger partial charge >= 0.3 is 0 Å². The largest absolute Gasteiger partial charge is 0.347 e. The van der Waals surface area contributed by atoms with Gasteiger partial charge in [0.05, 0.1) is 13.2 Å². The molecule has 1 saturated heterocycles. The Labute approximate surface area is 147 Å². The molecule has 0 amide bonds. The quantitative estimate of drug-likeness (QED) is 0.559. The predicted molar refractivity (Wildman–Crippen MR) is 95.5 cm³/mol. The third-order valence-electron chi connectivity index (χ3n) is 9.40. The topological polar surface area (TPSA) is 18.5 Å². The summed E-state index contributed by atoms with van der Waals surface area (Å²) in [7, 11) is 0. The zero-order valence-electron chi connectivity index (χ0n) is 15.8. The molecule has 0 aromatic heterocycles. The molecule has 1 aliphatic heterocycles. The molecule has 6 atom stereocenters. The SMILES string of the molecule is CC1CCC2C3CC=C4CC5(CCC4(C)C3CCC12C)OCCO5. The molecule has 2 heteroatoms. The molecular weight excluding hydrogens is 296 g/mol. The minimum Gasteiger partial charge on any atom is -0.347 e. The minimum absolute atomic E-state index is 0.261. The van der Waals surface area contributed by atoms with Crippen LogP contribution in [0.1, 0.15) is 72.1 Å². The van der Waals surface area contributed by atoms with Crippen molar-refractivity contribution >= 4 is 0 Å². The summed E-state index contributed by atoms with van der Waals surface area (Å²) in [6.45, 7) is 9.29. The van der Waals surface area contributed by atoms with Gasteiger partial charge in [0.1, 0.15) is 0 Å². The summed E-state index contributed by atoms with van der Waals surface area (Å²) in [5, 5.41) is 0. The van der Waals surface area contributed by atoms with E-state index in [1.54, 1.807) is 5.57 Å². The standard InChI is InChI=1S/C22H34O2/c1-15-4-7-18-17-6-5-16-14-22(23-12-13-24-22)11-10-21(16,3)19(17)8-9-20(15,18)2/h5,15,17-19H,4,6-14H2,1-3H3. The highest BCUT2D eigenvalue weighted by atomic mass is 16.7. The van der Waals surface area contributed by atoms with E-state index in [-0.39, 0.29) is 5.79 Å². The van der Waals surface area contributed by atoms with E-state index in [2.05, 4.69) is 26.8 Å². The van der Waals surface area contributed by atoms with Gasteiger partial charge in [0.2, 0.25) is 0 Å². The van der Waals surface area contributed by atoms with Crippen molar-refractivity contribution in [3.63, 3.8) is 0 Å². The molecule has 0 aromatic carbocycles. The lowest BCUT2D eigenvalue weighted by atomic mass is 9.47. The van der Waals surface area contributed by atoms with Crippen LogP contribution in [0, 0.1) is 34.5 Å². The number of fused-ring (bicyclic) bond motifs is 5. The molecular formula is C22H34O2. The third-order valence-corrected chi connectivity index (χ3v) is 9.40. The van der Waals surface area contributed by atoms with Crippen LogP contribution in [0.5, 0.6) is 0 Å². The molecule has 5 rings (SSSR count).